The molecule has 0 N–H and O–H groups in total. The molecular weight excluding hydrogens is 250 g/mol. The van der Waals surface area contributed by atoms with Gasteiger partial charge in [-0.3, -0.25) is 4.79 Å². The number of rotatable bonds is 5. The fourth-order valence-electron chi connectivity index (χ4n) is 1.97. The van der Waals surface area contributed by atoms with Gasteiger partial charge < -0.3 is 9.64 Å². The summed E-state index contributed by atoms with van der Waals surface area (Å²) in [5, 5.41) is 0. The van der Waals surface area contributed by atoms with E-state index in [-0.39, 0.29) is 12.5 Å². The van der Waals surface area contributed by atoms with Gasteiger partial charge in [0.05, 0.1) is 0 Å². The van der Waals surface area contributed by atoms with E-state index in [1.807, 2.05) is 68.4 Å². The predicted octanol–water partition coefficient (Wildman–Crippen LogP) is 3.43. The Hall–Kier alpha value is -2.29. The molecule has 0 atom stereocenters. The molecule has 0 radical (unpaired) electrons. The van der Waals surface area contributed by atoms with Crippen molar-refractivity contribution >= 4 is 11.6 Å². The van der Waals surface area contributed by atoms with Crippen LogP contribution in [0.25, 0.3) is 0 Å². The maximum atomic E-state index is 12.2. The summed E-state index contributed by atoms with van der Waals surface area (Å²) in [5.74, 6) is 0.673. The third-order valence-corrected chi connectivity index (χ3v) is 3.07. The van der Waals surface area contributed by atoms with Gasteiger partial charge in [-0.25, -0.2) is 0 Å². The molecule has 0 fully saturated rings. The average molecular weight is 269 g/mol. The molecule has 3 heteroatoms. The Balaban J connectivity index is 1.98. The van der Waals surface area contributed by atoms with Crippen LogP contribution in [-0.4, -0.2) is 19.1 Å². The maximum Gasteiger partial charge on any atom is 0.264 e. The van der Waals surface area contributed by atoms with E-state index in [4.69, 9.17) is 4.74 Å². The molecule has 0 unspecified atom stereocenters. The van der Waals surface area contributed by atoms with E-state index in [0.29, 0.717) is 12.3 Å². The molecule has 0 heterocycles. The zero-order chi connectivity index (χ0) is 14.4. The summed E-state index contributed by atoms with van der Waals surface area (Å²) >= 11 is 0. The highest BCUT2D eigenvalue weighted by molar-refractivity contribution is 5.94. The lowest BCUT2D eigenvalue weighted by Crippen LogP contribution is -2.34. The number of amides is 1. The van der Waals surface area contributed by atoms with Crippen molar-refractivity contribution in [1.82, 2.24) is 0 Å². The van der Waals surface area contributed by atoms with Gasteiger partial charge in [0, 0.05) is 12.2 Å². The first-order chi connectivity index (χ1) is 9.70. The number of benzene rings is 2. The van der Waals surface area contributed by atoms with Gasteiger partial charge >= 0.3 is 0 Å². The molecule has 104 valence electrons. The SMILES string of the molecule is CCN(C(=O)COc1ccc(C)cc1)c1ccccc1. The summed E-state index contributed by atoms with van der Waals surface area (Å²) in [5.41, 5.74) is 2.07. The second kappa shape index (κ2) is 6.75. The molecular formula is C17H19NO2. The molecule has 20 heavy (non-hydrogen) atoms. The van der Waals surface area contributed by atoms with Crippen molar-refractivity contribution in [3.63, 3.8) is 0 Å². The van der Waals surface area contributed by atoms with Gasteiger partial charge in [-0.15, -0.1) is 0 Å². The van der Waals surface area contributed by atoms with Crippen LogP contribution in [0.1, 0.15) is 12.5 Å². The summed E-state index contributed by atoms with van der Waals surface area (Å²) in [6, 6.07) is 17.3. The second-order valence-corrected chi connectivity index (χ2v) is 4.58. The van der Waals surface area contributed by atoms with Crippen molar-refractivity contribution in [2.24, 2.45) is 0 Å². The molecule has 3 nitrogen and oxygen atoms in total. The Morgan fingerprint density at radius 1 is 1.05 bits per heavy atom. The standard InChI is InChI=1S/C17H19NO2/c1-3-18(15-7-5-4-6-8-15)17(19)13-20-16-11-9-14(2)10-12-16/h4-12H,3,13H2,1-2H3. The van der Waals surface area contributed by atoms with Crippen LogP contribution in [0.4, 0.5) is 5.69 Å². The molecule has 0 saturated heterocycles. The van der Waals surface area contributed by atoms with Crippen molar-refractivity contribution in [2.45, 2.75) is 13.8 Å². The summed E-state index contributed by atoms with van der Waals surface area (Å²) < 4.78 is 5.54. The van der Waals surface area contributed by atoms with Crippen LogP contribution in [-0.2, 0) is 4.79 Å². The Morgan fingerprint density at radius 3 is 2.30 bits per heavy atom. The van der Waals surface area contributed by atoms with Gasteiger partial charge in [0.2, 0.25) is 0 Å². The number of hydrogen-bond donors (Lipinski definition) is 0. The van der Waals surface area contributed by atoms with Crippen LogP contribution in [0.15, 0.2) is 54.6 Å². The number of carbonyl (C=O) groups excluding carboxylic acids is 1. The molecule has 0 spiro atoms. The highest BCUT2D eigenvalue weighted by Gasteiger charge is 2.13. The van der Waals surface area contributed by atoms with E-state index in [1.165, 1.54) is 5.56 Å². The Kier molecular flexibility index (Phi) is 4.77. The number of carbonyl (C=O) groups is 1. The van der Waals surface area contributed by atoms with E-state index >= 15 is 0 Å². The van der Waals surface area contributed by atoms with Crippen molar-refractivity contribution < 1.29 is 9.53 Å². The van der Waals surface area contributed by atoms with Crippen LogP contribution in [0.3, 0.4) is 0 Å². The number of nitrogens with zero attached hydrogens (tertiary/aromatic N) is 1. The first kappa shape index (κ1) is 14.1. The van der Waals surface area contributed by atoms with Gasteiger partial charge in [0.15, 0.2) is 6.61 Å². The number of hydrogen-bond acceptors (Lipinski definition) is 2. The number of likely N-dealkylation sites (N-methyl/N-ethyl adjacent to an activating group) is 1. The van der Waals surface area contributed by atoms with Crippen LogP contribution < -0.4 is 9.64 Å². The zero-order valence-corrected chi connectivity index (χ0v) is 11.9. The molecule has 0 aromatic heterocycles. The van der Waals surface area contributed by atoms with Crippen molar-refractivity contribution in [3.8, 4) is 5.75 Å². The third kappa shape index (κ3) is 3.60. The number of aryl methyl sites for hydroxylation is 1. The smallest absolute Gasteiger partial charge is 0.264 e. The van der Waals surface area contributed by atoms with E-state index in [2.05, 4.69) is 0 Å². The lowest BCUT2D eigenvalue weighted by molar-refractivity contribution is -0.120. The monoisotopic (exact) mass is 269 g/mol. The minimum atomic E-state index is -0.0423. The second-order valence-electron chi connectivity index (χ2n) is 4.58. The molecule has 2 rings (SSSR count). The highest BCUT2D eigenvalue weighted by Crippen LogP contribution is 2.15. The van der Waals surface area contributed by atoms with Gasteiger partial charge in [-0.1, -0.05) is 35.9 Å². The third-order valence-electron chi connectivity index (χ3n) is 3.07. The highest BCUT2D eigenvalue weighted by atomic mass is 16.5. The number of ether oxygens (including phenoxy) is 1. The van der Waals surface area contributed by atoms with E-state index in [0.717, 1.165) is 5.69 Å². The lowest BCUT2D eigenvalue weighted by atomic mass is 10.2. The largest absolute Gasteiger partial charge is 0.484 e. The van der Waals surface area contributed by atoms with Crippen LogP contribution in [0.5, 0.6) is 5.75 Å². The summed E-state index contributed by atoms with van der Waals surface area (Å²) in [7, 11) is 0. The fraction of sp³-hybridized carbons (Fsp3) is 0.235. The van der Waals surface area contributed by atoms with E-state index < -0.39 is 0 Å². The van der Waals surface area contributed by atoms with E-state index in [1.54, 1.807) is 4.90 Å². The van der Waals surface area contributed by atoms with Crippen molar-refractivity contribution in [2.75, 3.05) is 18.1 Å². The van der Waals surface area contributed by atoms with Gasteiger partial charge in [0.1, 0.15) is 5.75 Å². The normalized spacial score (nSPS) is 10.1. The summed E-state index contributed by atoms with van der Waals surface area (Å²) in [6.45, 7) is 4.64. The Labute approximate surface area is 119 Å². The molecule has 0 saturated carbocycles. The molecule has 0 bridgehead atoms. The maximum absolute atomic E-state index is 12.2. The van der Waals surface area contributed by atoms with Crippen LogP contribution in [0.2, 0.25) is 0 Å². The first-order valence-electron chi connectivity index (χ1n) is 6.75. The molecule has 1 amide bonds. The van der Waals surface area contributed by atoms with Crippen molar-refractivity contribution in [3.05, 3.63) is 60.2 Å². The van der Waals surface area contributed by atoms with Gasteiger partial charge in [0.25, 0.3) is 5.91 Å². The minimum Gasteiger partial charge on any atom is -0.484 e. The van der Waals surface area contributed by atoms with E-state index in [9.17, 15) is 4.79 Å². The Morgan fingerprint density at radius 2 is 1.70 bits per heavy atom. The molecule has 0 aliphatic carbocycles. The van der Waals surface area contributed by atoms with Gasteiger partial charge in [-0.2, -0.15) is 0 Å². The first-order valence-corrected chi connectivity index (χ1v) is 6.75. The summed E-state index contributed by atoms with van der Waals surface area (Å²) in [6.07, 6.45) is 0. The number of anilines is 1. The topological polar surface area (TPSA) is 29.5 Å². The Bertz CT molecular complexity index is 549. The minimum absolute atomic E-state index is 0.0423. The number of para-hydroxylation sites is 1. The summed E-state index contributed by atoms with van der Waals surface area (Å²) in [4.78, 5) is 13.9. The molecule has 0 aliphatic heterocycles. The zero-order valence-electron chi connectivity index (χ0n) is 11.9. The average Bonchev–Trinajstić information content (AvgIpc) is 2.48. The quantitative estimate of drug-likeness (QED) is 0.832. The predicted molar refractivity (Wildman–Crippen MR) is 81.1 cm³/mol. The lowest BCUT2D eigenvalue weighted by Gasteiger charge is -2.21. The van der Waals surface area contributed by atoms with Gasteiger partial charge in [-0.05, 0) is 38.1 Å². The molecule has 2 aromatic carbocycles. The fourth-order valence-corrected chi connectivity index (χ4v) is 1.97. The molecule has 0 aliphatic rings. The molecule has 2 aromatic rings. The van der Waals surface area contributed by atoms with Crippen LogP contribution in [0, 0.1) is 6.92 Å². The van der Waals surface area contributed by atoms with Crippen molar-refractivity contribution in [1.29, 1.82) is 0 Å². The van der Waals surface area contributed by atoms with Crippen LogP contribution >= 0.6 is 0 Å².